The molecule has 0 aliphatic heterocycles. The lowest BCUT2D eigenvalue weighted by Gasteiger charge is -2.13. The number of nitrogens with zero attached hydrogens (tertiary/aromatic N) is 2. The van der Waals surface area contributed by atoms with Gasteiger partial charge < -0.3 is 5.73 Å². The molecule has 0 saturated carbocycles. The van der Waals surface area contributed by atoms with Crippen molar-refractivity contribution in [2.75, 3.05) is 6.26 Å². The van der Waals surface area contributed by atoms with Crippen molar-refractivity contribution in [3.05, 3.63) is 78.1 Å². The molecule has 0 saturated heterocycles. The zero-order chi connectivity index (χ0) is 14.7. The van der Waals surface area contributed by atoms with E-state index in [1.807, 2.05) is 59.5 Å². The normalized spacial score (nSPS) is 12.3. The summed E-state index contributed by atoms with van der Waals surface area (Å²) in [7, 11) is 0. The maximum Gasteiger partial charge on any atom is 0.0645 e. The summed E-state index contributed by atoms with van der Waals surface area (Å²) >= 11 is 1.71. The van der Waals surface area contributed by atoms with Gasteiger partial charge in [-0.1, -0.05) is 36.4 Å². The van der Waals surface area contributed by atoms with Crippen molar-refractivity contribution in [3.8, 4) is 5.69 Å². The van der Waals surface area contributed by atoms with Gasteiger partial charge >= 0.3 is 0 Å². The summed E-state index contributed by atoms with van der Waals surface area (Å²) in [5, 5.41) is 4.42. The number of benzene rings is 2. The first-order valence-electron chi connectivity index (χ1n) is 6.78. The maximum atomic E-state index is 6.42. The highest BCUT2D eigenvalue weighted by molar-refractivity contribution is 7.98. The van der Waals surface area contributed by atoms with E-state index in [2.05, 4.69) is 23.5 Å². The highest BCUT2D eigenvalue weighted by Crippen LogP contribution is 2.28. The minimum absolute atomic E-state index is 0.161. The second-order valence-corrected chi connectivity index (χ2v) is 5.62. The van der Waals surface area contributed by atoms with Gasteiger partial charge in [-0.3, -0.25) is 0 Å². The number of nitrogens with two attached hydrogens (primary N) is 1. The largest absolute Gasteiger partial charge is 0.320 e. The molecule has 2 N–H and O–H groups in total. The Morgan fingerprint density at radius 3 is 2.52 bits per heavy atom. The van der Waals surface area contributed by atoms with Crippen molar-refractivity contribution < 1.29 is 0 Å². The smallest absolute Gasteiger partial charge is 0.0645 e. The van der Waals surface area contributed by atoms with Crippen molar-refractivity contribution in [2.24, 2.45) is 5.73 Å². The lowest BCUT2D eigenvalue weighted by Crippen LogP contribution is -2.12. The molecule has 1 aromatic heterocycles. The standard InChI is InChI=1S/C17H17N3S/c1-21-16-10-6-5-9-15(16)17(18)13-11-19-20(12-13)14-7-3-2-4-8-14/h2-12,17H,18H2,1H3. The summed E-state index contributed by atoms with van der Waals surface area (Å²) in [4.78, 5) is 1.21. The molecular formula is C17H17N3S. The van der Waals surface area contributed by atoms with E-state index < -0.39 is 0 Å². The molecule has 1 heterocycles. The number of hydrogen-bond acceptors (Lipinski definition) is 3. The lowest BCUT2D eigenvalue weighted by molar-refractivity contribution is 0.844. The summed E-state index contributed by atoms with van der Waals surface area (Å²) in [6, 6.07) is 18.1. The number of para-hydroxylation sites is 1. The van der Waals surface area contributed by atoms with Crippen LogP contribution in [0.4, 0.5) is 0 Å². The van der Waals surface area contributed by atoms with Crippen LogP contribution < -0.4 is 5.73 Å². The van der Waals surface area contributed by atoms with E-state index in [-0.39, 0.29) is 6.04 Å². The molecule has 0 amide bonds. The third kappa shape index (κ3) is 2.86. The highest BCUT2D eigenvalue weighted by Gasteiger charge is 2.14. The van der Waals surface area contributed by atoms with Crippen LogP contribution in [0, 0.1) is 0 Å². The van der Waals surface area contributed by atoms with Gasteiger partial charge in [-0.05, 0) is 30.0 Å². The van der Waals surface area contributed by atoms with Crippen LogP contribution in [0.15, 0.2) is 71.9 Å². The van der Waals surface area contributed by atoms with Crippen LogP contribution in [0.1, 0.15) is 17.2 Å². The molecule has 3 rings (SSSR count). The number of aromatic nitrogens is 2. The summed E-state index contributed by atoms with van der Waals surface area (Å²) in [6.07, 6.45) is 5.91. The first-order valence-corrected chi connectivity index (χ1v) is 8.00. The summed E-state index contributed by atoms with van der Waals surface area (Å²) in [6.45, 7) is 0. The van der Waals surface area contributed by atoms with Crippen molar-refractivity contribution in [1.29, 1.82) is 0 Å². The van der Waals surface area contributed by atoms with E-state index in [0.717, 1.165) is 16.8 Å². The van der Waals surface area contributed by atoms with Crippen LogP contribution in [0.3, 0.4) is 0 Å². The third-order valence-corrected chi connectivity index (χ3v) is 4.27. The van der Waals surface area contributed by atoms with Crippen molar-refractivity contribution in [1.82, 2.24) is 9.78 Å². The zero-order valence-electron chi connectivity index (χ0n) is 11.8. The molecule has 3 aromatic rings. The van der Waals surface area contributed by atoms with E-state index in [1.54, 1.807) is 11.8 Å². The Kier molecular flexibility index (Phi) is 4.08. The molecule has 0 aliphatic rings. The van der Waals surface area contributed by atoms with E-state index >= 15 is 0 Å². The fraction of sp³-hybridized carbons (Fsp3) is 0.118. The maximum absolute atomic E-state index is 6.42. The average molecular weight is 295 g/mol. The van der Waals surface area contributed by atoms with Crippen molar-refractivity contribution >= 4 is 11.8 Å². The molecule has 21 heavy (non-hydrogen) atoms. The fourth-order valence-electron chi connectivity index (χ4n) is 2.32. The van der Waals surface area contributed by atoms with Gasteiger partial charge in [0.25, 0.3) is 0 Å². The Morgan fingerprint density at radius 1 is 1.05 bits per heavy atom. The second kappa shape index (κ2) is 6.16. The number of hydrogen-bond donors (Lipinski definition) is 1. The molecule has 0 radical (unpaired) electrons. The molecular weight excluding hydrogens is 278 g/mol. The predicted octanol–water partition coefficient (Wildman–Crippen LogP) is 3.64. The van der Waals surface area contributed by atoms with Gasteiger partial charge in [0.2, 0.25) is 0 Å². The van der Waals surface area contributed by atoms with E-state index in [4.69, 9.17) is 5.73 Å². The Morgan fingerprint density at radius 2 is 1.76 bits per heavy atom. The Labute approximate surface area is 128 Å². The van der Waals surface area contributed by atoms with Gasteiger partial charge in [0.05, 0.1) is 17.9 Å². The molecule has 1 unspecified atom stereocenters. The van der Waals surface area contributed by atoms with Gasteiger partial charge in [-0.2, -0.15) is 5.10 Å². The Bertz CT molecular complexity index is 722. The summed E-state index contributed by atoms with van der Waals surface area (Å²) in [5.74, 6) is 0. The van der Waals surface area contributed by atoms with Crippen LogP contribution >= 0.6 is 11.8 Å². The SMILES string of the molecule is CSc1ccccc1C(N)c1cnn(-c2ccccc2)c1. The van der Waals surface area contributed by atoms with Crippen LogP contribution in [-0.4, -0.2) is 16.0 Å². The fourth-order valence-corrected chi connectivity index (χ4v) is 2.97. The molecule has 0 spiro atoms. The molecule has 4 heteroatoms. The van der Waals surface area contributed by atoms with Gasteiger partial charge in [-0.25, -0.2) is 4.68 Å². The van der Waals surface area contributed by atoms with Crippen LogP contribution in [-0.2, 0) is 0 Å². The molecule has 0 aliphatic carbocycles. The van der Waals surface area contributed by atoms with Gasteiger partial charge in [0, 0.05) is 16.7 Å². The van der Waals surface area contributed by atoms with Crippen molar-refractivity contribution in [2.45, 2.75) is 10.9 Å². The van der Waals surface area contributed by atoms with E-state index in [1.165, 1.54) is 4.90 Å². The molecule has 0 bridgehead atoms. The van der Waals surface area contributed by atoms with Crippen LogP contribution in [0.2, 0.25) is 0 Å². The minimum atomic E-state index is -0.161. The van der Waals surface area contributed by atoms with Crippen LogP contribution in [0.25, 0.3) is 5.69 Å². The first kappa shape index (κ1) is 13.9. The Balaban J connectivity index is 1.93. The molecule has 2 aromatic carbocycles. The lowest BCUT2D eigenvalue weighted by atomic mass is 10.0. The average Bonchev–Trinajstić information content (AvgIpc) is 3.05. The third-order valence-electron chi connectivity index (χ3n) is 3.46. The summed E-state index contributed by atoms with van der Waals surface area (Å²) < 4.78 is 1.86. The molecule has 3 nitrogen and oxygen atoms in total. The monoisotopic (exact) mass is 295 g/mol. The molecule has 106 valence electrons. The number of thioether (sulfide) groups is 1. The first-order chi connectivity index (χ1) is 10.3. The molecule has 1 atom stereocenters. The topological polar surface area (TPSA) is 43.8 Å². The van der Waals surface area contributed by atoms with Gasteiger partial charge in [0.15, 0.2) is 0 Å². The van der Waals surface area contributed by atoms with Gasteiger partial charge in [-0.15, -0.1) is 11.8 Å². The van der Waals surface area contributed by atoms with E-state index in [9.17, 15) is 0 Å². The second-order valence-electron chi connectivity index (χ2n) is 4.77. The number of rotatable bonds is 4. The summed E-state index contributed by atoms with van der Waals surface area (Å²) in [5.41, 5.74) is 9.60. The predicted molar refractivity (Wildman–Crippen MR) is 87.8 cm³/mol. The zero-order valence-corrected chi connectivity index (χ0v) is 12.6. The highest BCUT2D eigenvalue weighted by atomic mass is 32.2. The Hall–Kier alpha value is -2.04. The van der Waals surface area contributed by atoms with E-state index in [0.29, 0.717) is 0 Å². The molecule has 0 fully saturated rings. The van der Waals surface area contributed by atoms with Crippen molar-refractivity contribution in [3.63, 3.8) is 0 Å². The quantitative estimate of drug-likeness (QED) is 0.747. The van der Waals surface area contributed by atoms with Crippen LogP contribution in [0.5, 0.6) is 0 Å². The van der Waals surface area contributed by atoms with Gasteiger partial charge in [0.1, 0.15) is 0 Å². The minimum Gasteiger partial charge on any atom is -0.320 e.